The van der Waals surface area contributed by atoms with Crippen LogP contribution >= 0.6 is 0 Å². The van der Waals surface area contributed by atoms with E-state index < -0.39 is 0 Å². The first-order valence-corrected chi connectivity index (χ1v) is 7.52. The van der Waals surface area contributed by atoms with Crippen LogP contribution in [0.1, 0.15) is 65.7 Å². The zero-order chi connectivity index (χ0) is 12.7. The summed E-state index contributed by atoms with van der Waals surface area (Å²) in [6, 6.07) is 0. The normalized spacial score (nSPS) is 28.9. The summed E-state index contributed by atoms with van der Waals surface area (Å²) in [5.41, 5.74) is 0. The molecule has 1 aliphatic carbocycles. The van der Waals surface area contributed by atoms with Gasteiger partial charge in [-0.2, -0.15) is 0 Å². The van der Waals surface area contributed by atoms with Crippen LogP contribution in [0.2, 0.25) is 0 Å². The van der Waals surface area contributed by atoms with E-state index >= 15 is 0 Å². The maximum Gasteiger partial charge on any atom is 0.0836 e. The maximum atomic E-state index is 10.5. The predicted molar refractivity (Wildman–Crippen MR) is 72.1 cm³/mol. The van der Waals surface area contributed by atoms with Gasteiger partial charge < -0.3 is 9.84 Å². The van der Waals surface area contributed by atoms with Crippen LogP contribution in [0.25, 0.3) is 0 Å². The third kappa shape index (κ3) is 4.59. The van der Waals surface area contributed by atoms with Gasteiger partial charge in [-0.3, -0.25) is 0 Å². The molecule has 4 atom stereocenters. The standard InChI is InChI=1S/C15H30O2/c1-4-8-14(17-6-3)15(16)13-10-7-9-12(5-2)11-13/h12-16H,4-11H2,1-3H3. The minimum atomic E-state index is -0.246. The molecular formula is C15H30O2. The number of aliphatic hydroxyl groups is 1. The molecule has 4 unspecified atom stereocenters. The fourth-order valence-corrected chi connectivity index (χ4v) is 3.17. The van der Waals surface area contributed by atoms with Crippen LogP contribution in [0.15, 0.2) is 0 Å². The van der Waals surface area contributed by atoms with Crippen LogP contribution < -0.4 is 0 Å². The van der Waals surface area contributed by atoms with Crippen LogP contribution in [0, 0.1) is 11.8 Å². The highest BCUT2D eigenvalue weighted by atomic mass is 16.5. The minimum absolute atomic E-state index is 0.0607. The molecule has 1 rings (SSSR count). The van der Waals surface area contributed by atoms with Crippen molar-refractivity contribution in [1.82, 2.24) is 0 Å². The molecule has 17 heavy (non-hydrogen) atoms. The topological polar surface area (TPSA) is 29.5 Å². The molecule has 0 saturated heterocycles. The number of aliphatic hydroxyl groups excluding tert-OH is 1. The van der Waals surface area contributed by atoms with Crippen molar-refractivity contribution in [2.75, 3.05) is 6.61 Å². The summed E-state index contributed by atoms with van der Waals surface area (Å²) in [7, 11) is 0. The summed E-state index contributed by atoms with van der Waals surface area (Å²) in [5.74, 6) is 1.30. The first-order chi connectivity index (χ1) is 8.22. The Kier molecular flexibility index (Phi) is 7.14. The van der Waals surface area contributed by atoms with Crippen LogP contribution in [-0.2, 0) is 4.74 Å². The van der Waals surface area contributed by atoms with E-state index in [9.17, 15) is 5.11 Å². The first kappa shape index (κ1) is 15.0. The van der Waals surface area contributed by atoms with E-state index in [1.165, 1.54) is 32.1 Å². The maximum absolute atomic E-state index is 10.5. The summed E-state index contributed by atoms with van der Waals surface area (Å²) < 4.78 is 5.72. The molecule has 0 heterocycles. The molecule has 0 aromatic heterocycles. The smallest absolute Gasteiger partial charge is 0.0836 e. The van der Waals surface area contributed by atoms with Crippen LogP contribution in [0.5, 0.6) is 0 Å². The molecule has 1 fully saturated rings. The van der Waals surface area contributed by atoms with E-state index in [0.29, 0.717) is 12.5 Å². The third-order valence-corrected chi connectivity index (χ3v) is 4.22. The van der Waals surface area contributed by atoms with Crippen LogP contribution in [0.3, 0.4) is 0 Å². The fraction of sp³-hybridized carbons (Fsp3) is 1.00. The van der Waals surface area contributed by atoms with E-state index in [1.807, 2.05) is 6.92 Å². The van der Waals surface area contributed by atoms with Gasteiger partial charge in [0, 0.05) is 6.61 Å². The van der Waals surface area contributed by atoms with Gasteiger partial charge in [0.15, 0.2) is 0 Å². The Hall–Kier alpha value is -0.0800. The van der Waals surface area contributed by atoms with Crippen LogP contribution in [-0.4, -0.2) is 23.9 Å². The zero-order valence-electron chi connectivity index (χ0n) is 11.8. The lowest BCUT2D eigenvalue weighted by Gasteiger charge is -2.35. The molecule has 2 heteroatoms. The van der Waals surface area contributed by atoms with Gasteiger partial charge >= 0.3 is 0 Å². The lowest BCUT2D eigenvalue weighted by Crippen LogP contribution is -2.38. The molecule has 2 nitrogen and oxygen atoms in total. The van der Waals surface area contributed by atoms with Crippen molar-refractivity contribution in [3.63, 3.8) is 0 Å². The predicted octanol–water partition coefficient (Wildman–Crippen LogP) is 3.77. The van der Waals surface area contributed by atoms with Crippen molar-refractivity contribution < 1.29 is 9.84 Å². The molecule has 1 saturated carbocycles. The Morgan fingerprint density at radius 3 is 2.59 bits per heavy atom. The summed E-state index contributed by atoms with van der Waals surface area (Å²) >= 11 is 0. The summed E-state index contributed by atoms with van der Waals surface area (Å²) in [4.78, 5) is 0. The molecule has 0 spiro atoms. The molecule has 1 aliphatic rings. The monoisotopic (exact) mass is 242 g/mol. The molecule has 0 aromatic carbocycles. The van der Waals surface area contributed by atoms with Gasteiger partial charge in [-0.25, -0.2) is 0 Å². The molecule has 0 amide bonds. The highest BCUT2D eigenvalue weighted by Gasteiger charge is 2.31. The molecule has 0 bridgehead atoms. The molecule has 0 radical (unpaired) electrons. The highest BCUT2D eigenvalue weighted by molar-refractivity contribution is 4.82. The third-order valence-electron chi connectivity index (χ3n) is 4.22. The van der Waals surface area contributed by atoms with Gasteiger partial charge in [0.1, 0.15) is 0 Å². The van der Waals surface area contributed by atoms with Crippen molar-refractivity contribution in [3.05, 3.63) is 0 Å². The van der Waals surface area contributed by atoms with Gasteiger partial charge in [-0.1, -0.05) is 39.5 Å². The van der Waals surface area contributed by atoms with E-state index in [2.05, 4.69) is 13.8 Å². The van der Waals surface area contributed by atoms with E-state index in [1.54, 1.807) is 0 Å². The molecule has 1 N–H and O–H groups in total. The van der Waals surface area contributed by atoms with Crippen molar-refractivity contribution >= 4 is 0 Å². The average Bonchev–Trinajstić information content (AvgIpc) is 2.38. The lowest BCUT2D eigenvalue weighted by molar-refractivity contribution is -0.0723. The van der Waals surface area contributed by atoms with Crippen LogP contribution in [0.4, 0.5) is 0 Å². The van der Waals surface area contributed by atoms with Gasteiger partial charge in [0.25, 0.3) is 0 Å². The lowest BCUT2D eigenvalue weighted by atomic mass is 9.76. The second kappa shape index (κ2) is 8.10. The SMILES string of the molecule is CCCC(OCC)C(O)C1CCCC(CC)C1. The first-order valence-electron chi connectivity index (χ1n) is 7.52. The quantitative estimate of drug-likeness (QED) is 0.736. The molecular weight excluding hydrogens is 212 g/mol. The second-order valence-electron chi connectivity index (χ2n) is 5.47. The van der Waals surface area contributed by atoms with Gasteiger partial charge in [0.2, 0.25) is 0 Å². The van der Waals surface area contributed by atoms with Crippen molar-refractivity contribution in [1.29, 1.82) is 0 Å². The van der Waals surface area contributed by atoms with Crippen molar-refractivity contribution in [3.8, 4) is 0 Å². The fourth-order valence-electron chi connectivity index (χ4n) is 3.17. The van der Waals surface area contributed by atoms with Gasteiger partial charge in [-0.15, -0.1) is 0 Å². The summed E-state index contributed by atoms with van der Waals surface area (Å²) in [6.07, 6.45) is 8.17. The highest BCUT2D eigenvalue weighted by Crippen LogP contribution is 2.34. The second-order valence-corrected chi connectivity index (χ2v) is 5.47. The Morgan fingerprint density at radius 1 is 1.24 bits per heavy atom. The Bertz CT molecular complexity index is 187. The van der Waals surface area contributed by atoms with E-state index in [0.717, 1.165) is 18.8 Å². The summed E-state index contributed by atoms with van der Waals surface area (Å²) in [5, 5.41) is 10.5. The van der Waals surface area contributed by atoms with Gasteiger partial charge in [-0.05, 0) is 38.0 Å². The number of hydrogen-bond acceptors (Lipinski definition) is 2. The largest absolute Gasteiger partial charge is 0.390 e. The Morgan fingerprint density at radius 2 is 2.00 bits per heavy atom. The van der Waals surface area contributed by atoms with Gasteiger partial charge in [0.05, 0.1) is 12.2 Å². The summed E-state index contributed by atoms with van der Waals surface area (Å²) in [6.45, 7) is 7.16. The molecule has 0 aromatic rings. The van der Waals surface area contributed by atoms with Crippen molar-refractivity contribution in [2.24, 2.45) is 11.8 Å². The van der Waals surface area contributed by atoms with E-state index in [-0.39, 0.29) is 12.2 Å². The number of ether oxygens (including phenoxy) is 1. The molecule has 102 valence electrons. The number of hydrogen-bond donors (Lipinski definition) is 1. The Labute approximate surface area is 107 Å². The minimum Gasteiger partial charge on any atom is -0.390 e. The Balaban J connectivity index is 2.49. The molecule has 0 aliphatic heterocycles. The van der Waals surface area contributed by atoms with E-state index in [4.69, 9.17) is 4.74 Å². The average molecular weight is 242 g/mol. The number of rotatable bonds is 7. The zero-order valence-corrected chi connectivity index (χ0v) is 11.8. The van der Waals surface area contributed by atoms with Crippen molar-refractivity contribution in [2.45, 2.75) is 77.9 Å².